The number of hydrogen-bond donors (Lipinski definition) is 2. The van der Waals surface area contributed by atoms with Gasteiger partial charge in [0.15, 0.2) is 0 Å². The minimum atomic E-state index is -0.266. The lowest BCUT2D eigenvalue weighted by Gasteiger charge is -2.14. The maximum absolute atomic E-state index is 12.1. The molecule has 2 N–H and O–H groups in total. The number of carbonyl (C=O) groups is 1. The molecule has 2 aromatic heterocycles. The zero-order chi connectivity index (χ0) is 16.4. The van der Waals surface area contributed by atoms with Gasteiger partial charge >= 0.3 is 6.03 Å². The van der Waals surface area contributed by atoms with E-state index in [1.54, 1.807) is 12.4 Å². The fourth-order valence-corrected chi connectivity index (χ4v) is 2.66. The fourth-order valence-electron chi connectivity index (χ4n) is 2.45. The Kier molecular flexibility index (Phi) is 4.61. The third-order valence-electron chi connectivity index (χ3n) is 3.90. The molecule has 1 fully saturated rings. The second-order valence-corrected chi connectivity index (χ2v) is 6.67. The number of halogens is 1. The molecule has 23 heavy (non-hydrogen) atoms. The van der Waals surface area contributed by atoms with Gasteiger partial charge in [-0.3, -0.25) is 4.68 Å². The summed E-state index contributed by atoms with van der Waals surface area (Å²) in [5.74, 6) is 1.18. The van der Waals surface area contributed by atoms with Gasteiger partial charge in [0.1, 0.15) is 5.82 Å². The third-order valence-corrected chi connectivity index (χ3v) is 4.31. The van der Waals surface area contributed by atoms with Gasteiger partial charge < -0.3 is 10.6 Å². The summed E-state index contributed by atoms with van der Waals surface area (Å²) >= 11 is 3.29. The van der Waals surface area contributed by atoms with Gasteiger partial charge in [0.25, 0.3) is 0 Å². The van der Waals surface area contributed by atoms with Crippen LogP contribution in [0, 0.1) is 0 Å². The molecule has 1 aliphatic carbocycles. The number of urea groups is 1. The minimum Gasteiger partial charge on any atom is -0.332 e. The largest absolute Gasteiger partial charge is 0.332 e. The normalized spacial score (nSPS) is 15.3. The van der Waals surface area contributed by atoms with E-state index in [0.29, 0.717) is 18.3 Å². The summed E-state index contributed by atoms with van der Waals surface area (Å²) < 4.78 is 2.64. The highest BCUT2D eigenvalue weighted by Crippen LogP contribution is 2.41. The molecule has 1 saturated carbocycles. The summed E-state index contributed by atoms with van der Waals surface area (Å²) in [7, 11) is 1.90. The first-order chi connectivity index (χ1) is 11.0. The van der Waals surface area contributed by atoms with E-state index >= 15 is 0 Å². The van der Waals surface area contributed by atoms with Crippen LogP contribution in [0.25, 0.3) is 0 Å². The van der Waals surface area contributed by atoms with Gasteiger partial charge in [0.05, 0.1) is 29.0 Å². The average Bonchev–Trinajstić information content (AvgIpc) is 3.30. The number of aryl methyl sites for hydroxylation is 1. The average molecular weight is 379 g/mol. The summed E-state index contributed by atoms with van der Waals surface area (Å²) in [6.45, 7) is 2.31. The lowest BCUT2D eigenvalue weighted by Crippen LogP contribution is -2.37. The monoisotopic (exact) mass is 378 g/mol. The van der Waals surface area contributed by atoms with Crippen LogP contribution in [-0.4, -0.2) is 25.8 Å². The number of amides is 2. The molecule has 0 bridgehead atoms. The lowest BCUT2D eigenvalue weighted by molar-refractivity contribution is 0.236. The smallest absolute Gasteiger partial charge is 0.315 e. The zero-order valence-electron chi connectivity index (χ0n) is 13.1. The SMILES string of the molecule is C[C@H](NC(=O)NCc1c(C2CC2)cnn1C)c1ncc(Br)cn1. The molecular weight excluding hydrogens is 360 g/mol. The second-order valence-electron chi connectivity index (χ2n) is 5.75. The first-order valence-corrected chi connectivity index (χ1v) is 8.36. The predicted octanol–water partition coefficient (Wildman–Crippen LogP) is 2.41. The van der Waals surface area contributed by atoms with E-state index < -0.39 is 0 Å². The first-order valence-electron chi connectivity index (χ1n) is 7.57. The number of nitrogens with one attached hydrogen (secondary N) is 2. The number of hydrogen-bond acceptors (Lipinski definition) is 4. The number of nitrogens with zero attached hydrogens (tertiary/aromatic N) is 4. The zero-order valence-corrected chi connectivity index (χ0v) is 14.7. The molecule has 0 saturated heterocycles. The van der Waals surface area contributed by atoms with Crippen LogP contribution >= 0.6 is 15.9 Å². The van der Waals surface area contributed by atoms with E-state index in [4.69, 9.17) is 0 Å². The van der Waals surface area contributed by atoms with Crippen molar-refractivity contribution < 1.29 is 4.79 Å². The van der Waals surface area contributed by atoms with E-state index in [1.165, 1.54) is 18.4 Å². The molecular formula is C15H19BrN6O. The Balaban J connectivity index is 1.55. The summed E-state index contributed by atoms with van der Waals surface area (Å²) in [6, 6.07) is -0.510. The maximum atomic E-state index is 12.1. The topological polar surface area (TPSA) is 84.7 Å². The van der Waals surface area contributed by atoms with Crippen molar-refractivity contribution >= 4 is 22.0 Å². The van der Waals surface area contributed by atoms with E-state index in [-0.39, 0.29) is 12.1 Å². The lowest BCUT2D eigenvalue weighted by atomic mass is 10.1. The standard InChI is InChI=1S/C15H19BrN6O/c1-9(14-17-5-11(16)6-18-14)21-15(23)19-8-13-12(10-3-4-10)7-20-22(13)2/h5-7,9-10H,3-4,8H2,1-2H3,(H2,19,21,23)/t9-/m0/s1. The highest BCUT2D eigenvalue weighted by atomic mass is 79.9. The minimum absolute atomic E-state index is 0.244. The number of rotatable bonds is 5. The van der Waals surface area contributed by atoms with E-state index in [2.05, 4.69) is 41.6 Å². The third kappa shape index (κ3) is 3.87. The Morgan fingerprint density at radius 3 is 2.74 bits per heavy atom. The molecule has 0 aromatic carbocycles. The predicted molar refractivity (Wildman–Crippen MR) is 88.7 cm³/mol. The van der Waals surface area contributed by atoms with Crippen LogP contribution in [0.5, 0.6) is 0 Å². The van der Waals surface area contributed by atoms with Crippen LogP contribution in [0.4, 0.5) is 4.79 Å². The molecule has 2 heterocycles. The molecule has 1 atom stereocenters. The van der Waals surface area contributed by atoms with Crippen molar-refractivity contribution in [1.29, 1.82) is 0 Å². The van der Waals surface area contributed by atoms with Crippen LogP contribution in [0.1, 0.15) is 48.8 Å². The Bertz CT molecular complexity index is 694. The summed E-state index contributed by atoms with van der Waals surface area (Å²) in [5.41, 5.74) is 2.31. The Labute approximate surface area is 143 Å². The van der Waals surface area contributed by atoms with E-state index in [9.17, 15) is 4.79 Å². The van der Waals surface area contributed by atoms with Crippen LogP contribution < -0.4 is 10.6 Å². The van der Waals surface area contributed by atoms with Gasteiger partial charge in [-0.25, -0.2) is 14.8 Å². The molecule has 0 radical (unpaired) electrons. The van der Waals surface area contributed by atoms with Crippen molar-refractivity contribution in [1.82, 2.24) is 30.4 Å². The van der Waals surface area contributed by atoms with Crippen LogP contribution in [0.3, 0.4) is 0 Å². The van der Waals surface area contributed by atoms with Crippen LogP contribution in [0.2, 0.25) is 0 Å². The van der Waals surface area contributed by atoms with Crippen molar-refractivity contribution in [3.8, 4) is 0 Å². The molecule has 1 aliphatic rings. The number of carbonyl (C=O) groups excluding carboxylic acids is 1. The molecule has 122 valence electrons. The maximum Gasteiger partial charge on any atom is 0.315 e. The van der Waals surface area contributed by atoms with Crippen LogP contribution in [0.15, 0.2) is 23.1 Å². The van der Waals surface area contributed by atoms with Gasteiger partial charge in [-0.1, -0.05) is 0 Å². The van der Waals surface area contributed by atoms with Crippen molar-refractivity contribution in [2.24, 2.45) is 7.05 Å². The van der Waals surface area contributed by atoms with E-state index in [1.807, 2.05) is 24.9 Å². The Morgan fingerprint density at radius 2 is 2.09 bits per heavy atom. The van der Waals surface area contributed by atoms with Crippen LogP contribution in [-0.2, 0) is 13.6 Å². The quantitative estimate of drug-likeness (QED) is 0.836. The molecule has 7 nitrogen and oxygen atoms in total. The highest BCUT2D eigenvalue weighted by Gasteiger charge is 2.28. The van der Waals surface area contributed by atoms with Gasteiger partial charge in [0.2, 0.25) is 0 Å². The van der Waals surface area contributed by atoms with Gasteiger partial charge in [-0.15, -0.1) is 0 Å². The summed E-state index contributed by atoms with van der Waals surface area (Å²) in [6.07, 6.45) is 7.66. The van der Waals surface area contributed by atoms with Gasteiger partial charge in [-0.05, 0) is 47.2 Å². The Hall–Kier alpha value is -1.96. The molecule has 8 heteroatoms. The Morgan fingerprint density at radius 1 is 1.39 bits per heavy atom. The van der Waals surface area contributed by atoms with Crippen molar-refractivity contribution in [2.45, 2.75) is 38.3 Å². The van der Waals surface area contributed by atoms with Crippen molar-refractivity contribution in [3.05, 3.63) is 40.1 Å². The highest BCUT2D eigenvalue weighted by molar-refractivity contribution is 9.10. The summed E-state index contributed by atoms with van der Waals surface area (Å²) in [5, 5.41) is 10.0. The van der Waals surface area contributed by atoms with Crippen molar-refractivity contribution in [3.63, 3.8) is 0 Å². The second kappa shape index (κ2) is 6.66. The molecule has 2 aromatic rings. The molecule has 2 amide bonds. The molecule has 3 rings (SSSR count). The van der Waals surface area contributed by atoms with E-state index in [0.717, 1.165) is 10.2 Å². The van der Waals surface area contributed by atoms with Crippen molar-refractivity contribution in [2.75, 3.05) is 0 Å². The summed E-state index contributed by atoms with van der Waals surface area (Å²) in [4.78, 5) is 20.5. The molecule has 0 spiro atoms. The molecule has 0 aliphatic heterocycles. The molecule has 0 unspecified atom stereocenters. The van der Waals surface area contributed by atoms with Gasteiger partial charge in [0, 0.05) is 19.4 Å². The number of aromatic nitrogens is 4. The first kappa shape index (κ1) is 15.9. The van der Waals surface area contributed by atoms with Gasteiger partial charge in [-0.2, -0.15) is 5.10 Å². The fraction of sp³-hybridized carbons (Fsp3) is 0.467.